The summed E-state index contributed by atoms with van der Waals surface area (Å²) in [5.74, 6) is -0.138. The molecule has 1 amide bonds. The van der Waals surface area contributed by atoms with Crippen LogP contribution in [0.5, 0.6) is 5.75 Å². The topological polar surface area (TPSA) is 76.1 Å². The molecule has 1 fully saturated rings. The standard InChI is InChI=1S/C11H11NO5/c13-9-6-7-10(14)12(9)17-11(15)16-8-4-2-1-3-5-8/h1-5,9,13H,6-7H2. The highest BCUT2D eigenvalue weighted by Crippen LogP contribution is 2.17. The number of carbonyl (C=O) groups is 2. The van der Waals surface area contributed by atoms with Crippen LogP contribution < -0.4 is 4.74 Å². The Balaban J connectivity index is 1.91. The molecule has 1 aliphatic rings. The fourth-order valence-electron chi connectivity index (χ4n) is 1.44. The summed E-state index contributed by atoms with van der Waals surface area (Å²) in [5, 5.41) is 9.98. The normalized spacial score (nSPS) is 19.2. The van der Waals surface area contributed by atoms with Gasteiger partial charge in [0.05, 0.1) is 0 Å². The number of hydrogen-bond donors (Lipinski definition) is 1. The molecule has 1 saturated heterocycles. The molecule has 90 valence electrons. The number of hydroxylamine groups is 2. The number of ether oxygens (including phenoxy) is 1. The summed E-state index contributed by atoms with van der Waals surface area (Å²) < 4.78 is 4.81. The second-order valence-electron chi connectivity index (χ2n) is 3.50. The minimum atomic E-state index is -1.09. The second kappa shape index (κ2) is 4.84. The predicted octanol–water partition coefficient (Wildman–Crippen LogP) is 1.06. The van der Waals surface area contributed by atoms with Crippen molar-refractivity contribution in [2.75, 3.05) is 0 Å². The SMILES string of the molecule is O=C(Oc1ccccc1)ON1C(=O)CCC1O. The molecular weight excluding hydrogens is 226 g/mol. The molecule has 2 rings (SSSR count). The largest absolute Gasteiger partial charge is 0.539 e. The Morgan fingerprint density at radius 1 is 1.35 bits per heavy atom. The number of amides is 1. The van der Waals surface area contributed by atoms with Crippen molar-refractivity contribution >= 4 is 12.1 Å². The van der Waals surface area contributed by atoms with Gasteiger partial charge in [0.25, 0.3) is 5.91 Å². The van der Waals surface area contributed by atoms with Crippen molar-refractivity contribution in [3.05, 3.63) is 30.3 Å². The summed E-state index contributed by atoms with van der Waals surface area (Å²) in [6.07, 6.45) is -1.74. The molecule has 1 N–H and O–H groups in total. The molecule has 1 aromatic carbocycles. The first kappa shape index (κ1) is 11.4. The van der Waals surface area contributed by atoms with Crippen LogP contribution in [0.25, 0.3) is 0 Å². The van der Waals surface area contributed by atoms with Gasteiger partial charge in [0.1, 0.15) is 5.75 Å². The van der Waals surface area contributed by atoms with E-state index in [1.54, 1.807) is 30.3 Å². The van der Waals surface area contributed by atoms with Gasteiger partial charge in [0, 0.05) is 12.8 Å². The van der Waals surface area contributed by atoms with Gasteiger partial charge >= 0.3 is 6.16 Å². The van der Waals surface area contributed by atoms with Crippen LogP contribution in [0.2, 0.25) is 0 Å². The Hall–Kier alpha value is -2.08. The lowest BCUT2D eigenvalue weighted by molar-refractivity contribution is -0.195. The third-order valence-electron chi connectivity index (χ3n) is 2.25. The third kappa shape index (κ3) is 2.73. The minimum absolute atomic E-state index is 0.153. The van der Waals surface area contributed by atoms with E-state index in [0.29, 0.717) is 10.8 Å². The zero-order valence-electron chi connectivity index (χ0n) is 8.91. The Morgan fingerprint density at radius 2 is 2.06 bits per heavy atom. The molecule has 1 aliphatic heterocycles. The van der Waals surface area contributed by atoms with Gasteiger partial charge in [0.2, 0.25) is 0 Å². The average Bonchev–Trinajstić information content (AvgIpc) is 2.62. The van der Waals surface area contributed by atoms with E-state index in [4.69, 9.17) is 4.74 Å². The van der Waals surface area contributed by atoms with Crippen LogP contribution in [0.1, 0.15) is 12.8 Å². The summed E-state index contributed by atoms with van der Waals surface area (Å²) in [6, 6.07) is 8.30. The molecule has 0 radical (unpaired) electrons. The molecular formula is C11H11NO5. The monoisotopic (exact) mass is 237 g/mol. The van der Waals surface area contributed by atoms with Crippen molar-refractivity contribution in [3.8, 4) is 5.75 Å². The highest BCUT2D eigenvalue weighted by molar-refractivity contribution is 5.79. The molecule has 0 aliphatic carbocycles. The number of aliphatic hydroxyl groups is 1. The molecule has 6 nitrogen and oxygen atoms in total. The number of benzene rings is 1. The van der Waals surface area contributed by atoms with Crippen LogP contribution >= 0.6 is 0 Å². The first-order valence-electron chi connectivity index (χ1n) is 5.12. The first-order chi connectivity index (χ1) is 8.16. The third-order valence-corrected chi connectivity index (χ3v) is 2.25. The van der Waals surface area contributed by atoms with Gasteiger partial charge < -0.3 is 14.7 Å². The van der Waals surface area contributed by atoms with Crippen molar-refractivity contribution in [2.45, 2.75) is 19.1 Å². The second-order valence-corrected chi connectivity index (χ2v) is 3.50. The van der Waals surface area contributed by atoms with Crippen molar-refractivity contribution in [1.29, 1.82) is 0 Å². The van der Waals surface area contributed by atoms with Crippen LogP contribution in [0.3, 0.4) is 0 Å². The lowest BCUT2D eigenvalue weighted by atomic mass is 10.3. The fourth-order valence-corrected chi connectivity index (χ4v) is 1.44. The molecule has 1 atom stereocenters. The molecule has 1 unspecified atom stereocenters. The maximum atomic E-state index is 11.3. The summed E-state index contributed by atoms with van der Waals surface area (Å²) in [4.78, 5) is 27.1. The van der Waals surface area contributed by atoms with Gasteiger partial charge in [0.15, 0.2) is 6.23 Å². The first-order valence-corrected chi connectivity index (χ1v) is 5.12. The molecule has 6 heteroatoms. The van der Waals surface area contributed by atoms with E-state index in [-0.39, 0.29) is 12.8 Å². The fraction of sp³-hybridized carbons (Fsp3) is 0.273. The highest BCUT2D eigenvalue weighted by Gasteiger charge is 2.33. The lowest BCUT2D eigenvalue weighted by Gasteiger charge is -2.17. The molecule has 0 aromatic heterocycles. The number of aliphatic hydroxyl groups excluding tert-OH is 1. The predicted molar refractivity (Wildman–Crippen MR) is 55.6 cm³/mol. The number of para-hydroxylation sites is 1. The van der Waals surface area contributed by atoms with Crippen LogP contribution in [0.4, 0.5) is 4.79 Å². The highest BCUT2D eigenvalue weighted by atomic mass is 16.8. The zero-order valence-corrected chi connectivity index (χ0v) is 8.91. The van der Waals surface area contributed by atoms with Crippen LogP contribution in [0, 0.1) is 0 Å². The molecule has 0 spiro atoms. The number of rotatable bonds is 2. The van der Waals surface area contributed by atoms with Crippen LogP contribution in [-0.4, -0.2) is 28.5 Å². The van der Waals surface area contributed by atoms with E-state index < -0.39 is 18.3 Å². The molecule has 0 saturated carbocycles. The van der Waals surface area contributed by atoms with Gasteiger partial charge in [-0.3, -0.25) is 4.79 Å². The maximum Gasteiger partial charge on any atom is 0.539 e. The van der Waals surface area contributed by atoms with Gasteiger partial charge in [-0.2, -0.15) is 0 Å². The van der Waals surface area contributed by atoms with Gasteiger partial charge in [-0.15, -0.1) is 5.06 Å². The van der Waals surface area contributed by atoms with Crippen molar-refractivity contribution in [3.63, 3.8) is 0 Å². The van der Waals surface area contributed by atoms with Gasteiger partial charge in [-0.1, -0.05) is 18.2 Å². The van der Waals surface area contributed by atoms with Crippen molar-refractivity contribution in [1.82, 2.24) is 5.06 Å². The minimum Gasteiger partial charge on any atom is -0.393 e. The Kier molecular flexibility index (Phi) is 3.24. The lowest BCUT2D eigenvalue weighted by Crippen LogP contribution is -2.36. The molecule has 1 aromatic rings. The average molecular weight is 237 g/mol. The van der Waals surface area contributed by atoms with E-state index in [1.807, 2.05) is 0 Å². The number of hydrogen-bond acceptors (Lipinski definition) is 5. The Bertz CT molecular complexity index is 419. The van der Waals surface area contributed by atoms with E-state index in [0.717, 1.165) is 0 Å². The Morgan fingerprint density at radius 3 is 2.65 bits per heavy atom. The smallest absolute Gasteiger partial charge is 0.393 e. The summed E-state index contributed by atoms with van der Waals surface area (Å²) in [7, 11) is 0. The van der Waals surface area contributed by atoms with E-state index in [1.165, 1.54) is 0 Å². The molecule has 17 heavy (non-hydrogen) atoms. The number of nitrogens with zero attached hydrogens (tertiary/aromatic N) is 1. The van der Waals surface area contributed by atoms with E-state index >= 15 is 0 Å². The van der Waals surface area contributed by atoms with Gasteiger partial charge in [-0.25, -0.2) is 4.79 Å². The quantitative estimate of drug-likeness (QED) is 0.614. The molecule has 1 heterocycles. The Labute approximate surface area is 97.3 Å². The summed E-state index contributed by atoms with van der Waals surface area (Å²) in [5.41, 5.74) is 0. The summed E-state index contributed by atoms with van der Waals surface area (Å²) >= 11 is 0. The molecule has 0 bridgehead atoms. The van der Waals surface area contributed by atoms with Crippen LogP contribution in [0.15, 0.2) is 30.3 Å². The van der Waals surface area contributed by atoms with E-state index in [9.17, 15) is 14.7 Å². The van der Waals surface area contributed by atoms with Crippen molar-refractivity contribution in [2.24, 2.45) is 0 Å². The zero-order chi connectivity index (χ0) is 12.3. The van der Waals surface area contributed by atoms with E-state index in [2.05, 4.69) is 4.84 Å². The maximum absolute atomic E-state index is 11.3. The summed E-state index contributed by atoms with van der Waals surface area (Å²) in [6.45, 7) is 0. The van der Waals surface area contributed by atoms with Gasteiger partial charge in [-0.05, 0) is 12.1 Å². The van der Waals surface area contributed by atoms with Crippen molar-refractivity contribution < 1.29 is 24.3 Å². The number of carbonyl (C=O) groups excluding carboxylic acids is 2. The van der Waals surface area contributed by atoms with Crippen LogP contribution in [-0.2, 0) is 9.63 Å².